The van der Waals surface area contributed by atoms with Crippen LogP contribution in [0.25, 0.3) is 27.9 Å². The molecule has 0 saturated heterocycles. The third-order valence-corrected chi connectivity index (χ3v) is 3.58. The molecule has 0 bridgehead atoms. The van der Waals surface area contributed by atoms with Crippen LogP contribution in [0.3, 0.4) is 0 Å². The van der Waals surface area contributed by atoms with Gasteiger partial charge in [0.15, 0.2) is 0 Å². The first-order chi connectivity index (χ1) is 10.2. The van der Waals surface area contributed by atoms with E-state index < -0.39 is 0 Å². The van der Waals surface area contributed by atoms with E-state index in [2.05, 4.69) is 15.3 Å². The summed E-state index contributed by atoms with van der Waals surface area (Å²) in [5.41, 5.74) is 4.11. The summed E-state index contributed by atoms with van der Waals surface area (Å²) in [6.07, 6.45) is 3.20. The van der Waals surface area contributed by atoms with Crippen molar-refractivity contribution in [2.75, 3.05) is 0 Å². The van der Waals surface area contributed by atoms with Crippen molar-refractivity contribution in [1.82, 2.24) is 15.3 Å². The standard InChI is InChI=1S/C16H11N3O2/c20-15-8-11(16(21)19-15)9-3-4-12-10(6-9)7-14(18-12)13-2-1-5-17-13/h1-8,17-18H,(H,19,20,21). The van der Waals surface area contributed by atoms with Gasteiger partial charge in [0.25, 0.3) is 11.8 Å². The smallest absolute Gasteiger partial charge is 0.258 e. The maximum absolute atomic E-state index is 11.7. The van der Waals surface area contributed by atoms with E-state index in [0.717, 1.165) is 27.9 Å². The molecule has 0 fully saturated rings. The summed E-state index contributed by atoms with van der Waals surface area (Å²) >= 11 is 0. The van der Waals surface area contributed by atoms with E-state index in [1.165, 1.54) is 6.08 Å². The molecular weight excluding hydrogens is 266 g/mol. The summed E-state index contributed by atoms with van der Waals surface area (Å²) < 4.78 is 0. The highest BCUT2D eigenvalue weighted by molar-refractivity contribution is 6.33. The second-order valence-electron chi connectivity index (χ2n) is 4.95. The van der Waals surface area contributed by atoms with Crippen LogP contribution in [0.2, 0.25) is 0 Å². The minimum atomic E-state index is -0.365. The lowest BCUT2D eigenvalue weighted by molar-refractivity contribution is -0.123. The van der Waals surface area contributed by atoms with Crippen molar-refractivity contribution in [3.05, 3.63) is 54.2 Å². The molecule has 0 saturated carbocycles. The van der Waals surface area contributed by atoms with Crippen molar-refractivity contribution in [3.8, 4) is 11.4 Å². The minimum Gasteiger partial charge on any atom is -0.360 e. The van der Waals surface area contributed by atoms with Crippen LogP contribution in [-0.2, 0) is 9.59 Å². The number of aromatic nitrogens is 2. The maximum atomic E-state index is 11.7. The summed E-state index contributed by atoms with van der Waals surface area (Å²) in [4.78, 5) is 29.4. The SMILES string of the molecule is O=C1C=C(c2ccc3[nH]c(-c4ccc[nH]4)cc3c2)C(=O)N1. The van der Waals surface area contributed by atoms with Gasteiger partial charge in [0, 0.05) is 23.2 Å². The van der Waals surface area contributed by atoms with E-state index in [0.29, 0.717) is 5.57 Å². The molecule has 2 amide bonds. The molecule has 5 nitrogen and oxygen atoms in total. The number of nitrogens with one attached hydrogen (secondary N) is 3. The molecule has 3 aromatic rings. The Balaban J connectivity index is 1.82. The average Bonchev–Trinajstić information content (AvgIpc) is 3.16. The second kappa shape index (κ2) is 4.21. The Morgan fingerprint density at radius 1 is 0.952 bits per heavy atom. The Hall–Kier alpha value is -3.08. The normalized spacial score (nSPS) is 14.6. The molecule has 2 aromatic heterocycles. The molecule has 1 aliphatic rings. The third-order valence-electron chi connectivity index (χ3n) is 3.58. The predicted octanol–water partition coefficient (Wildman–Crippen LogP) is 2.20. The first-order valence-electron chi connectivity index (χ1n) is 6.54. The van der Waals surface area contributed by atoms with Crippen LogP contribution in [0, 0.1) is 0 Å². The van der Waals surface area contributed by atoms with Crippen molar-refractivity contribution in [3.63, 3.8) is 0 Å². The number of amides is 2. The lowest BCUT2D eigenvalue weighted by atomic mass is 10.0. The van der Waals surface area contributed by atoms with E-state index in [4.69, 9.17) is 0 Å². The largest absolute Gasteiger partial charge is 0.360 e. The second-order valence-corrected chi connectivity index (χ2v) is 4.95. The van der Waals surface area contributed by atoms with Crippen LogP contribution in [-0.4, -0.2) is 21.8 Å². The summed E-state index contributed by atoms with van der Waals surface area (Å²) in [7, 11) is 0. The Bertz CT molecular complexity index is 901. The molecule has 21 heavy (non-hydrogen) atoms. The molecule has 0 atom stereocenters. The van der Waals surface area contributed by atoms with E-state index in [1.807, 2.05) is 42.6 Å². The van der Waals surface area contributed by atoms with Crippen molar-refractivity contribution in [2.45, 2.75) is 0 Å². The van der Waals surface area contributed by atoms with Gasteiger partial charge >= 0.3 is 0 Å². The zero-order valence-corrected chi connectivity index (χ0v) is 10.9. The number of rotatable bonds is 2. The number of carbonyl (C=O) groups is 2. The van der Waals surface area contributed by atoms with Crippen LogP contribution in [0.1, 0.15) is 5.56 Å². The number of carbonyl (C=O) groups excluding carboxylic acids is 2. The molecule has 0 spiro atoms. The lowest BCUT2D eigenvalue weighted by Gasteiger charge is -2.00. The number of hydrogen-bond acceptors (Lipinski definition) is 2. The fraction of sp³-hybridized carbons (Fsp3) is 0. The summed E-state index contributed by atoms with van der Waals surface area (Å²) in [6.45, 7) is 0. The minimum absolute atomic E-state index is 0.348. The highest BCUT2D eigenvalue weighted by atomic mass is 16.2. The van der Waals surface area contributed by atoms with Gasteiger partial charge in [-0.2, -0.15) is 0 Å². The van der Waals surface area contributed by atoms with Gasteiger partial charge in [0.2, 0.25) is 0 Å². The van der Waals surface area contributed by atoms with Crippen LogP contribution in [0.4, 0.5) is 0 Å². The quantitative estimate of drug-likeness (QED) is 0.628. The highest BCUT2D eigenvalue weighted by Crippen LogP contribution is 2.27. The third kappa shape index (κ3) is 1.87. The predicted molar refractivity (Wildman–Crippen MR) is 79.2 cm³/mol. The van der Waals surface area contributed by atoms with Gasteiger partial charge in [0.05, 0.1) is 17.0 Å². The Morgan fingerprint density at radius 3 is 2.57 bits per heavy atom. The molecule has 3 heterocycles. The maximum Gasteiger partial charge on any atom is 0.258 e. The summed E-state index contributed by atoms with van der Waals surface area (Å²) in [6, 6.07) is 11.6. The number of fused-ring (bicyclic) bond motifs is 1. The van der Waals surface area contributed by atoms with Gasteiger partial charge in [-0.15, -0.1) is 0 Å². The lowest BCUT2D eigenvalue weighted by Crippen LogP contribution is -2.21. The molecule has 1 aliphatic heterocycles. The average molecular weight is 277 g/mol. The molecule has 102 valence electrons. The number of hydrogen-bond donors (Lipinski definition) is 3. The topological polar surface area (TPSA) is 77.8 Å². The van der Waals surface area contributed by atoms with Crippen LogP contribution < -0.4 is 5.32 Å². The number of benzene rings is 1. The monoisotopic (exact) mass is 277 g/mol. The van der Waals surface area contributed by atoms with Crippen molar-refractivity contribution >= 4 is 28.3 Å². The molecular formula is C16H11N3O2. The van der Waals surface area contributed by atoms with E-state index in [1.54, 1.807) is 0 Å². The van der Waals surface area contributed by atoms with Gasteiger partial charge in [-0.1, -0.05) is 6.07 Å². The fourth-order valence-electron chi connectivity index (χ4n) is 2.57. The van der Waals surface area contributed by atoms with Gasteiger partial charge in [-0.25, -0.2) is 0 Å². The van der Waals surface area contributed by atoms with E-state index >= 15 is 0 Å². The van der Waals surface area contributed by atoms with Crippen LogP contribution in [0.15, 0.2) is 48.7 Å². The molecule has 0 radical (unpaired) electrons. The van der Waals surface area contributed by atoms with Crippen LogP contribution in [0.5, 0.6) is 0 Å². The van der Waals surface area contributed by atoms with Crippen molar-refractivity contribution in [1.29, 1.82) is 0 Å². The molecule has 4 rings (SSSR count). The van der Waals surface area contributed by atoms with E-state index in [9.17, 15) is 9.59 Å². The molecule has 5 heteroatoms. The van der Waals surface area contributed by atoms with Gasteiger partial charge in [0.1, 0.15) is 0 Å². The zero-order valence-electron chi connectivity index (χ0n) is 10.9. The molecule has 1 aromatic carbocycles. The number of H-pyrrole nitrogens is 2. The van der Waals surface area contributed by atoms with Crippen LogP contribution >= 0.6 is 0 Å². The van der Waals surface area contributed by atoms with E-state index in [-0.39, 0.29) is 11.8 Å². The van der Waals surface area contributed by atoms with Gasteiger partial charge in [-0.05, 0) is 35.9 Å². The molecule has 3 N–H and O–H groups in total. The Labute approximate surface area is 119 Å². The first kappa shape index (κ1) is 11.7. The zero-order chi connectivity index (χ0) is 14.4. The first-order valence-corrected chi connectivity index (χ1v) is 6.54. The molecule has 0 unspecified atom stereocenters. The number of aromatic amines is 2. The highest BCUT2D eigenvalue weighted by Gasteiger charge is 2.22. The summed E-state index contributed by atoms with van der Waals surface area (Å²) in [5, 5.41) is 3.25. The van der Waals surface area contributed by atoms with Crippen molar-refractivity contribution in [2.24, 2.45) is 0 Å². The Kier molecular flexibility index (Phi) is 2.35. The molecule has 0 aliphatic carbocycles. The summed E-state index contributed by atoms with van der Waals surface area (Å²) in [5.74, 6) is -0.712. The Morgan fingerprint density at radius 2 is 1.86 bits per heavy atom. The van der Waals surface area contributed by atoms with Crippen molar-refractivity contribution < 1.29 is 9.59 Å². The fourth-order valence-corrected chi connectivity index (χ4v) is 2.57. The number of imide groups is 1. The van der Waals surface area contributed by atoms with Gasteiger partial charge in [-0.3, -0.25) is 14.9 Å². The van der Waals surface area contributed by atoms with Gasteiger partial charge < -0.3 is 9.97 Å².